The predicted octanol–water partition coefficient (Wildman–Crippen LogP) is 2.19. The smallest absolute Gasteiger partial charge is 0.390 e. The van der Waals surface area contributed by atoms with Crippen LogP contribution in [0.15, 0.2) is 6.20 Å². The Morgan fingerprint density at radius 2 is 2.20 bits per heavy atom. The molecule has 0 aliphatic carbocycles. The van der Waals surface area contributed by atoms with Gasteiger partial charge >= 0.3 is 12.1 Å². The molecule has 8 heteroatoms. The minimum Gasteiger partial charge on any atom is -0.476 e. The molecule has 1 aromatic rings. The van der Waals surface area contributed by atoms with Crippen LogP contribution in [0.2, 0.25) is 5.02 Å². The molecule has 1 aromatic heterocycles. The molecule has 0 radical (unpaired) electrons. The molecule has 0 fully saturated rings. The van der Waals surface area contributed by atoms with Gasteiger partial charge in [-0.05, 0) is 0 Å². The lowest BCUT2D eigenvalue weighted by Gasteiger charge is -2.07. The summed E-state index contributed by atoms with van der Waals surface area (Å²) in [6.07, 6.45) is -4.50. The van der Waals surface area contributed by atoms with Gasteiger partial charge in [-0.3, -0.25) is 4.68 Å². The second-order valence-corrected chi connectivity index (χ2v) is 3.14. The van der Waals surface area contributed by atoms with Crippen LogP contribution in [0.4, 0.5) is 13.2 Å². The van der Waals surface area contributed by atoms with E-state index in [0.29, 0.717) is 0 Å². The van der Waals surface area contributed by atoms with Gasteiger partial charge in [0.2, 0.25) is 0 Å². The number of aryl methyl sites for hydroxylation is 1. The fraction of sp³-hybridized carbons (Fsp3) is 0.429. The van der Waals surface area contributed by atoms with Crippen LogP contribution in [-0.4, -0.2) is 27.0 Å². The van der Waals surface area contributed by atoms with Gasteiger partial charge in [-0.2, -0.15) is 18.3 Å². The van der Waals surface area contributed by atoms with Crippen molar-refractivity contribution < 1.29 is 23.1 Å². The van der Waals surface area contributed by atoms with E-state index in [1.54, 1.807) is 0 Å². The summed E-state index contributed by atoms with van der Waals surface area (Å²) >= 11 is 5.44. The average molecular weight is 243 g/mol. The number of carbonyl (C=O) groups is 1. The highest BCUT2D eigenvalue weighted by molar-refractivity contribution is 6.33. The lowest BCUT2D eigenvalue weighted by molar-refractivity contribution is -0.137. The average Bonchev–Trinajstić information content (AvgIpc) is 2.42. The SMILES string of the molecule is O=C(O)c1c(Cl)cnn1CCC(F)(F)F. The molecule has 0 bridgehead atoms. The second-order valence-electron chi connectivity index (χ2n) is 2.73. The van der Waals surface area contributed by atoms with Crippen molar-refractivity contribution in [3.05, 3.63) is 16.9 Å². The fourth-order valence-electron chi connectivity index (χ4n) is 0.977. The van der Waals surface area contributed by atoms with Gasteiger partial charge in [0.05, 0.1) is 24.2 Å². The van der Waals surface area contributed by atoms with Crippen molar-refractivity contribution in [1.82, 2.24) is 9.78 Å². The molecule has 0 aromatic carbocycles. The molecule has 15 heavy (non-hydrogen) atoms. The number of nitrogens with zero attached hydrogens (tertiary/aromatic N) is 2. The van der Waals surface area contributed by atoms with Crippen LogP contribution >= 0.6 is 11.6 Å². The molecule has 0 amide bonds. The lowest BCUT2D eigenvalue weighted by Crippen LogP contribution is -2.16. The first-order valence-corrected chi connectivity index (χ1v) is 4.20. The van der Waals surface area contributed by atoms with E-state index in [9.17, 15) is 18.0 Å². The number of aromatic carboxylic acids is 1. The van der Waals surface area contributed by atoms with Gasteiger partial charge in [0, 0.05) is 0 Å². The van der Waals surface area contributed by atoms with Crippen LogP contribution in [0.25, 0.3) is 0 Å². The summed E-state index contributed by atoms with van der Waals surface area (Å²) in [4.78, 5) is 10.6. The zero-order chi connectivity index (χ0) is 11.6. The van der Waals surface area contributed by atoms with Gasteiger partial charge in [-0.15, -0.1) is 0 Å². The summed E-state index contributed by atoms with van der Waals surface area (Å²) in [5, 5.41) is 11.9. The van der Waals surface area contributed by atoms with Gasteiger partial charge in [0.15, 0.2) is 5.69 Å². The summed E-state index contributed by atoms with van der Waals surface area (Å²) in [5.41, 5.74) is -0.430. The van der Waals surface area contributed by atoms with Gasteiger partial charge in [0.1, 0.15) is 0 Å². The van der Waals surface area contributed by atoms with E-state index < -0.39 is 30.8 Å². The number of hydrogen-bond donors (Lipinski definition) is 1. The first-order valence-electron chi connectivity index (χ1n) is 3.82. The number of halogens is 4. The number of rotatable bonds is 3. The number of hydrogen-bond acceptors (Lipinski definition) is 2. The van der Waals surface area contributed by atoms with E-state index in [0.717, 1.165) is 10.9 Å². The van der Waals surface area contributed by atoms with E-state index in [2.05, 4.69) is 5.10 Å². The van der Waals surface area contributed by atoms with E-state index in [1.807, 2.05) is 0 Å². The van der Waals surface area contributed by atoms with Crippen molar-refractivity contribution >= 4 is 17.6 Å². The fourth-order valence-corrected chi connectivity index (χ4v) is 1.20. The maximum atomic E-state index is 11.9. The predicted molar refractivity (Wildman–Crippen MR) is 44.9 cm³/mol. The summed E-state index contributed by atoms with van der Waals surface area (Å²) in [6, 6.07) is 0. The van der Waals surface area contributed by atoms with Gasteiger partial charge in [-0.1, -0.05) is 11.6 Å². The van der Waals surface area contributed by atoms with Crippen molar-refractivity contribution in [3.8, 4) is 0 Å². The lowest BCUT2D eigenvalue weighted by atomic mass is 10.4. The van der Waals surface area contributed by atoms with Crippen molar-refractivity contribution in [2.24, 2.45) is 0 Å². The Kier molecular flexibility index (Phi) is 3.23. The quantitative estimate of drug-likeness (QED) is 0.884. The molecule has 0 unspecified atom stereocenters. The van der Waals surface area contributed by atoms with Crippen molar-refractivity contribution in [1.29, 1.82) is 0 Å². The van der Waals surface area contributed by atoms with Crippen LogP contribution < -0.4 is 0 Å². The Morgan fingerprint density at radius 3 is 2.67 bits per heavy atom. The minimum absolute atomic E-state index is 0.176. The topological polar surface area (TPSA) is 55.1 Å². The molecule has 0 aliphatic heterocycles. The zero-order valence-electron chi connectivity index (χ0n) is 7.25. The first kappa shape index (κ1) is 11.8. The van der Waals surface area contributed by atoms with E-state index >= 15 is 0 Å². The maximum Gasteiger partial charge on any atom is 0.390 e. The first-order chi connectivity index (χ1) is 6.81. The number of alkyl halides is 3. The minimum atomic E-state index is -4.35. The molecule has 84 valence electrons. The molecule has 0 saturated heterocycles. The summed E-state index contributed by atoms with van der Waals surface area (Å²) in [6.45, 7) is -0.558. The Hall–Kier alpha value is -1.24. The molecule has 1 heterocycles. The molecule has 1 rings (SSSR count). The van der Waals surface area contributed by atoms with Gasteiger partial charge < -0.3 is 5.11 Å². The van der Waals surface area contributed by atoms with Crippen molar-refractivity contribution in [2.45, 2.75) is 19.1 Å². The van der Waals surface area contributed by atoms with E-state index in [-0.39, 0.29) is 5.02 Å². The third kappa shape index (κ3) is 3.12. The largest absolute Gasteiger partial charge is 0.476 e. The molecular formula is C7H6ClF3N2O2. The molecule has 0 aliphatic rings. The molecule has 4 nitrogen and oxygen atoms in total. The molecule has 0 atom stereocenters. The van der Waals surface area contributed by atoms with Crippen molar-refractivity contribution in [2.75, 3.05) is 0 Å². The maximum absolute atomic E-state index is 11.9. The number of aromatic nitrogens is 2. The number of carboxylic acid groups (broad SMARTS) is 1. The zero-order valence-corrected chi connectivity index (χ0v) is 8.01. The second kappa shape index (κ2) is 4.09. The van der Waals surface area contributed by atoms with Crippen LogP contribution in [0.5, 0.6) is 0 Å². The van der Waals surface area contributed by atoms with Crippen LogP contribution in [0.1, 0.15) is 16.9 Å². The normalized spacial score (nSPS) is 11.7. The van der Waals surface area contributed by atoms with Gasteiger partial charge in [0.25, 0.3) is 0 Å². The standard InChI is InChI=1S/C7H6ClF3N2O2/c8-4-3-12-13(5(4)6(14)15)2-1-7(9,10)11/h3H,1-2H2,(H,14,15). The van der Waals surface area contributed by atoms with Gasteiger partial charge in [-0.25, -0.2) is 4.79 Å². The summed E-state index contributed by atoms with van der Waals surface area (Å²) in [7, 11) is 0. The summed E-state index contributed by atoms with van der Waals surface area (Å²) < 4.78 is 36.3. The van der Waals surface area contributed by atoms with Crippen LogP contribution in [0.3, 0.4) is 0 Å². The third-order valence-electron chi connectivity index (χ3n) is 1.60. The molecule has 0 spiro atoms. The summed E-state index contributed by atoms with van der Waals surface area (Å²) in [5.74, 6) is -1.40. The molecular weight excluding hydrogens is 237 g/mol. The number of carboxylic acids is 1. The third-order valence-corrected chi connectivity index (χ3v) is 1.88. The van der Waals surface area contributed by atoms with Crippen LogP contribution in [0, 0.1) is 0 Å². The Labute approximate surface area is 87.3 Å². The Morgan fingerprint density at radius 1 is 1.60 bits per heavy atom. The Bertz CT molecular complexity index is 375. The molecule has 0 saturated carbocycles. The highest BCUT2D eigenvalue weighted by Gasteiger charge is 2.28. The molecule has 1 N–H and O–H groups in total. The van der Waals surface area contributed by atoms with Crippen LogP contribution in [-0.2, 0) is 6.54 Å². The van der Waals surface area contributed by atoms with E-state index in [1.165, 1.54) is 0 Å². The van der Waals surface area contributed by atoms with E-state index in [4.69, 9.17) is 16.7 Å². The highest BCUT2D eigenvalue weighted by atomic mass is 35.5. The van der Waals surface area contributed by atoms with Crippen molar-refractivity contribution in [3.63, 3.8) is 0 Å². The highest BCUT2D eigenvalue weighted by Crippen LogP contribution is 2.22. The monoisotopic (exact) mass is 242 g/mol. The Balaban J connectivity index is 2.82.